The van der Waals surface area contributed by atoms with E-state index in [0.29, 0.717) is 17.1 Å². The van der Waals surface area contributed by atoms with Crippen molar-refractivity contribution in [2.24, 2.45) is 0 Å². The van der Waals surface area contributed by atoms with Gasteiger partial charge in [0, 0.05) is 11.6 Å². The molecule has 0 saturated heterocycles. The van der Waals surface area contributed by atoms with Gasteiger partial charge >= 0.3 is 5.97 Å². The average molecular weight is 212 g/mol. The van der Waals surface area contributed by atoms with Gasteiger partial charge in [0.25, 0.3) is 0 Å². The topological polar surface area (TPSA) is 76.0 Å². The number of carboxylic acids is 1. The molecule has 0 aliphatic heterocycles. The number of hydrogen-bond donors (Lipinski definition) is 2. The second-order valence-corrected chi connectivity index (χ2v) is 2.91. The van der Waals surface area contributed by atoms with E-state index in [1.165, 1.54) is 26.4 Å². The van der Waals surface area contributed by atoms with Crippen LogP contribution in [0.4, 0.5) is 0 Å². The van der Waals surface area contributed by atoms with E-state index in [0.717, 1.165) is 0 Å². The van der Waals surface area contributed by atoms with E-state index in [4.69, 9.17) is 14.6 Å². The molecule has 0 aliphatic carbocycles. The maximum absolute atomic E-state index is 10.6. The van der Waals surface area contributed by atoms with Gasteiger partial charge in [-0.2, -0.15) is 0 Å². The van der Waals surface area contributed by atoms with Gasteiger partial charge in [-0.3, -0.25) is 4.79 Å². The summed E-state index contributed by atoms with van der Waals surface area (Å²) >= 11 is 0. The molecule has 15 heavy (non-hydrogen) atoms. The molecule has 0 atom stereocenters. The summed E-state index contributed by atoms with van der Waals surface area (Å²) in [6, 6.07) is 2.71. The van der Waals surface area contributed by atoms with E-state index in [9.17, 15) is 9.90 Å². The lowest BCUT2D eigenvalue weighted by atomic mass is 10.1. The number of ether oxygens (including phenoxy) is 2. The minimum atomic E-state index is -0.999. The zero-order valence-corrected chi connectivity index (χ0v) is 8.48. The smallest absolute Gasteiger partial charge is 0.307 e. The summed E-state index contributed by atoms with van der Waals surface area (Å²) < 4.78 is 9.99. The van der Waals surface area contributed by atoms with Crippen LogP contribution in [0.2, 0.25) is 0 Å². The predicted molar refractivity (Wildman–Crippen MR) is 52.6 cm³/mol. The Labute approximate surface area is 86.9 Å². The van der Waals surface area contributed by atoms with Crippen LogP contribution in [0, 0.1) is 0 Å². The SMILES string of the molecule is COc1cc(O)cc(CC(=O)O)c1OC. The molecule has 2 N–H and O–H groups in total. The van der Waals surface area contributed by atoms with Crippen LogP contribution in [-0.4, -0.2) is 30.4 Å². The van der Waals surface area contributed by atoms with Gasteiger partial charge in [-0.15, -0.1) is 0 Å². The van der Waals surface area contributed by atoms with Crippen LogP contribution in [0.15, 0.2) is 12.1 Å². The number of rotatable bonds is 4. The van der Waals surface area contributed by atoms with Gasteiger partial charge in [-0.25, -0.2) is 0 Å². The highest BCUT2D eigenvalue weighted by molar-refractivity contribution is 5.72. The monoisotopic (exact) mass is 212 g/mol. The van der Waals surface area contributed by atoms with E-state index >= 15 is 0 Å². The Morgan fingerprint density at radius 3 is 2.47 bits per heavy atom. The number of methoxy groups -OCH3 is 2. The summed E-state index contributed by atoms with van der Waals surface area (Å²) in [4.78, 5) is 10.6. The van der Waals surface area contributed by atoms with E-state index < -0.39 is 5.97 Å². The summed E-state index contributed by atoms with van der Waals surface area (Å²) in [6.07, 6.45) is -0.228. The van der Waals surface area contributed by atoms with Crippen LogP contribution < -0.4 is 9.47 Å². The van der Waals surface area contributed by atoms with Crippen molar-refractivity contribution in [3.05, 3.63) is 17.7 Å². The lowest BCUT2D eigenvalue weighted by Gasteiger charge is -2.11. The molecule has 0 amide bonds. The molecule has 0 bridgehead atoms. The molecule has 0 spiro atoms. The summed E-state index contributed by atoms with van der Waals surface area (Å²) in [5.41, 5.74) is 0.377. The summed E-state index contributed by atoms with van der Waals surface area (Å²) in [7, 11) is 2.84. The highest BCUT2D eigenvalue weighted by atomic mass is 16.5. The summed E-state index contributed by atoms with van der Waals surface area (Å²) in [5.74, 6) is -0.406. The fourth-order valence-corrected chi connectivity index (χ4v) is 1.32. The Morgan fingerprint density at radius 2 is 2.00 bits per heavy atom. The maximum atomic E-state index is 10.6. The molecule has 0 fully saturated rings. The van der Waals surface area contributed by atoms with Crippen molar-refractivity contribution < 1.29 is 24.5 Å². The van der Waals surface area contributed by atoms with Gasteiger partial charge in [0.05, 0.1) is 20.6 Å². The second-order valence-electron chi connectivity index (χ2n) is 2.91. The standard InChI is InChI=1S/C10H12O5/c1-14-8-5-7(11)3-6(4-9(12)13)10(8)15-2/h3,5,11H,4H2,1-2H3,(H,12,13). The van der Waals surface area contributed by atoms with E-state index in [1.54, 1.807) is 0 Å². The van der Waals surface area contributed by atoms with Crippen molar-refractivity contribution in [1.29, 1.82) is 0 Å². The summed E-state index contributed by atoms with van der Waals surface area (Å²) in [6.45, 7) is 0. The van der Waals surface area contributed by atoms with E-state index in [1.807, 2.05) is 0 Å². The van der Waals surface area contributed by atoms with Crippen LogP contribution in [0.25, 0.3) is 0 Å². The van der Waals surface area contributed by atoms with Gasteiger partial charge in [0.2, 0.25) is 0 Å². The lowest BCUT2D eigenvalue weighted by molar-refractivity contribution is -0.136. The average Bonchev–Trinajstić information content (AvgIpc) is 2.15. The Balaban J connectivity index is 3.22. The van der Waals surface area contributed by atoms with Crippen LogP contribution in [0.5, 0.6) is 17.2 Å². The summed E-state index contributed by atoms with van der Waals surface area (Å²) in [5, 5.41) is 18.0. The van der Waals surface area contributed by atoms with E-state index in [-0.39, 0.29) is 12.2 Å². The van der Waals surface area contributed by atoms with Crippen LogP contribution in [0.3, 0.4) is 0 Å². The van der Waals surface area contributed by atoms with Crippen molar-refractivity contribution in [1.82, 2.24) is 0 Å². The van der Waals surface area contributed by atoms with Gasteiger partial charge < -0.3 is 19.7 Å². The number of aromatic hydroxyl groups is 1. The van der Waals surface area contributed by atoms with Crippen molar-refractivity contribution in [3.8, 4) is 17.2 Å². The first-order valence-corrected chi connectivity index (χ1v) is 4.24. The number of phenolic OH excluding ortho intramolecular Hbond substituents is 1. The largest absolute Gasteiger partial charge is 0.508 e. The van der Waals surface area contributed by atoms with Gasteiger partial charge in [-0.05, 0) is 6.07 Å². The minimum absolute atomic E-state index is 0.0519. The Morgan fingerprint density at radius 1 is 1.33 bits per heavy atom. The molecule has 0 unspecified atom stereocenters. The quantitative estimate of drug-likeness (QED) is 0.779. The highest BCUT2D eigenvalue weighted by Gasteiger charge is 2.14. The van der Waals surface area contributed by atoms with Crippen molar-refractivity contribution in [2.75, 3.05) is 14.2 Å². The molecule has 0 heterocycles. The normalized spacial score (nSPS) is 9.73. The molecule has 1 aromatic carbocycles. The molecular weight excluding hydrogens is 200 g/mol. The number of phenols is 1. The maximum Gasteiger partial charge on any atom is 0.307 e. The predicted octanol–water partition coefficient (Wildman–Crippen LogP) is 1.04. The molecule has 5 nitrogen and oxygen atoms in total. The number of carbonyl (C=O) groups is 1. The second kappa shape index (κ2) is 4.54. The number of carboxylic acid groups (broad SMARTS) is 1. The van der Waals surface area contributed by atoms with Gasteiger partial charge in [0.1, 0.15) is 5.75 Å². The third-order valence-electron chi connectivity index (χ3n) is 1.88. The minimum Gasteiger partial charge on any atom is -0.508 e. The van der Waals surface area contributed by atoms with Gasteiger partial charge in [0.15, 0.2) is 11.5 Å². The fourth-order valence-electron chi connectivity index (χ4n) is 1.32. The zero-order chi connectivity index (χ0) is 11.4. The van der Waals surface area contributed by atoms with Crippen LogP contribution in [0.1, 0.15) is 5.56 Å². The third kappa shape index (κ3) is 2.52. The molecule has 0 aromatic heterocycles. The number of hydrogen-bond acceptors (Lipinski definition) is 4. The highest BCUT2D eigenvalue weighted by Crippen LogP contribution is 2.35. The van der Waals surface area contributed by atoms with Gasteiger partial charge in [-0.1, -0.05) is 0 Å². The molecule has 0 radical (unpaired) electrons. The Bertz CT molecular complexity index is 372. The Kier molecular flexibility index (Phi) is 3.38. The molecule has 1 aromatic rings. The molecule has 82 valence electrons. The first kappa shape index (κ1) is 11.2. The molecule has 0 aliphatic rings. The van der Waals surface area contributed by atoms with E-state index in [2.05, 4.69) is 0 Å². The first-order chi connectivity index (χ1) is 7.08. The number of benzene rings is 1. The van der Waals surface area contributed by atoms with Crippen molar-refractivity contribution in [3.63, 3.8) is 0 Å². The molecular formula is C10H12O5. The molecule has 0 saturated carbocycles. The Hall–Kier alpha value is -1.91. The lowest BCUT2D eigenvalue weighted by Crippen LogP contribution is -2.03. The molecule has 5 heteroatoms. The van der Waals surface area contributed by atoms with Crippen LogP contribution in [-0.2, 0) is 11.2 Å². The van der Waals surface area contributed by atoms with Crippen LogP contribution >= 0.6 is 0 Å². The third-order valence-corrected chi connectivity index (χ3v) is 1.88. The fraction of sp³-hybridized carbons (Fsp3) is 0.300. The zero-order valence-electron chi connectivity index (χ0n) is 8.48. The first-order valence-electron chi connectivity index (χ1n) is 4.24. The number of aliphatic carboxylic acids is 1. The molecule has 1 rings (SSSR count). The van der Waals surface area contributed by atoms with Crippen molar-refractivity contribution in [2.45, 2.75) is 6.42 Å². The van der Waals surface area contributed by atoms with Crippen molar-refractivity contribution >= 4 is 5.97 Å².